The van der Waals surface area contributed by atoms with E-state index in [2.05, 4.69) is 35.6 Å². The lowest BCUT2D eigenvalue weighted by atomic mass is 9.79. The molecule has 2 N–H and O–H groups in total. The first-order chi connectivity index (χ1) is 13.7. The van der Waals surface area contributed by atoms with Gasteiger partial charge < -0.3 is 10.4 Å². The van der Waals surface area contributed by atoms with Crippen LogP contribution >= 0.6 is 0 Å². The predicted octanol–water partition coefficient (Wildman–Crippen LogP) is 5.27. The molecular weight excluding hydrogens is 346 g/mol. The summed E-state index contributed by atoms with van der Waals surface area (Å²) in [6, 6.07) is 19.0. The van der Waals surface area contributed by atoms with Crippen molar-refractivity contribution in [2.24, 2.45) is 11.8 Å². The molecule has 2 aromatic carbocycles. The van der Waals surface area contributed by atoms with Crippen LogP contribution in [0.3, 0.4) is 0 Å². The molecule has 0 radical (unpaired) electrons. The fourth-order valence-electron chi connectivity index (χ4n) is 4.72. The number of carboxylic acids is 1. The van der Waals surface area contributed by atoms with Crippen molar-refractivity contribution in [3.63, 3.8) is 0 Å². The Hall–Kier alpha value is -2.13. The van der Waals surface area contributed by atoms with Gasteiger partial charge in [-0.3, -0.25) is 0 Å². The van der Waals surface area contributed by atoms with Crippen molar-refractivity contribution in [2.45, 2.75) is 56.9 Å². The highest BCUT2D eigenvalue weighted by atomic mass is 16.4. The van der Waals surface area contributed by atoms with Crippen LogP contribution in [0.2, 0.25) is 0 Å². The van der Waals surface area contributed by atoms with Crippen molar-refractivity contribution in [1.29, 1.82) is 0 Å². The average molecular weight is 378 g/mol. The molecular formula is C25H31NO2. The Labute approximate surface area is 168 Å². The van der Waals surface area contributed by atoms with Crippen molar-refractivity contribution in [1.82, 2.24) is 5.32 Å². The van der Waals surface area contributed by atoms with Gasteiger partial charge in [0.1, 0.15) is 0 Å². The summed E-state index contributed by atoms with van der Waals surface area (Å²) >= 11 is 0. The van der Waals surface area contributed by atoms with Crippen LogP contribution in [0.4, 0.5) is 0 Å². The Kier molecular flexibility index (Phi) is 6.11. The van der Waals surface area contributed by atoms with Crippen molar-refractivity contribution < 1.29 is 9.90 Å². The second-order valence-corrected chi connectivity index (χ2v) is 8.70. The summed E-state index contributed by atoms with van der Waals surface area (Å²) in [4.78, 5) is 10.9. The lowest BCUT2D eigenvalue weighted by molar-refractivity contribution is 0.0697. The molecule has 3 heteroatoms. The molecule has 0 heterocycles. The van der Waals surface area contributed by atoms with E-state index in [1.54, 1.807) is 12.1 Å². The molecule has 2 aliphatic rings. The fraction of sp³-hybridized carbons (Fsp3) is 0.480. The Morgan fingerprint density at radius 1 is 0.929 bits per heavy atom. The number of aromatic carboxylic acids is 1. The van der Waals surface area contributed by atoms with Gasteiger partial charge in [-0.05, 0) is 73.7 Å². The van der Waals surface area contributed by atoms with E-state index in [0.717, 1.165) is 24.2 Å². The number of carbonyl (C=O) groups is 1. The van der Waals surface area contributed by atoms with Crippen molar-refractivity contribution >= 4 is 5.97 Å². The molecule has 2 aromatic rings. The normalized spacial score (nSPS) is 26.7. The molecule has 2 atom stereocenters. The van der Waals surface area contributed by atoms with Crippen LogP contribution in [0.5, 0.6) is 0 Å². The van der Waals surface area contributed by atoms with Crippen LogP contribution in [0, 0.1) is 11.8 Å². The number of hydrogen-bond donors (Lipinski definition) is 2. The summed E-state index contributed by atoms with van der Waals surface area (Å²) in [5, 5.41) is 12.8. The highest BCUT2D eigenvalue weighted by molar-refractivity contribution is 5.87. The molecule has 2 saturated carbocycles. The lowest BCUT2D eigenvalue weighted by Crippen LogP contribution is -2.28. The monoisotopic (exact) mass is 377 g/mol. The van der Waals surface area contributed by atoms with Crippen LogP contribution in [0.25, 0.3) is 0 Å². The maximum Gasteiger partial charge on any atom is 0.335 e. The smallest absolute Gasteiger partial charge is 0.335 e. The van der Waals surface area contributed by atoms with Gasteiger partial charge in [-0.15, -0.1) is 0 Å². The van der Waals surface area contributed by atoms with Gasteiger partial charge in [0.05, 0.1) is 5.56 Å². The second-order valence-electron chi connectivity index (χ2n) is 8.70. The lowest BCUT2D eigenvalue weighted by Gasteiger charge is -2.29. The number of hydrogen-bond acceptors (Lipinski definition) is 2. The zero-order chi connectivity index (χ0) is 19.3. The van der Waals surface area contributed by atoms with Crippen molar-refractivity contribution in [2.75, 3.05) is 6.54 Å². The molecule has 0 spiro atoms. The fourth-order valence-corrected chi connectivity index (χ4v) is 4.72. The van der Waals surface area contributed by atoms with Gasteiger partial charge in [0, 0.05) is 12.0 Å². The molecule has 4 rings (SSSR count). The van der Waals surface area contributed by atoms with Gasteiger partial charge in [-0.1, -0.05) is 55.3 Å². The zero-order valence-corrected chi connectivity index (χ0v) is 16.5. The van der Waals surface area contributed by atoms with E-state index >= 15 is 0 Å². The van der Waals surface area contributed by atoms with Gasteiger partial charge in [0.15, 0.2) is 0 Å². The standard InChI is InChI=1S/C25H31NO2/c27-25(28)22-14-12-19(13-15-22)7-6-18-8-10-20(11-9-18)17-26-24-16-23(24)21-4-2-1-3-5-21/h1-5,12-15,18,20,23-24,26H,6-11,16-17H2,(H,27,28)/t18?,20?,23-,24+/m0/s1. The molecule has 0 bridgehead atoms. The number of nitrogens with one attached hydrogen (secondary N) is 1. The minimum absolute atomic E-state index is 0.377. The molecule has 148 valence electrons. The predicted molar refractivity (Wildman–Crippen MR) is 113 cm³/mol. The third-order valence-corrected chi connectivity index (χ3v) is 6.70. The van der Waals surface area contributed by atoms with Crippen molar-refractivity contribution in [3.05, 3.63) is 71.3 Å². The van der Waals surface area contributed by atoms with Crippen molar-refractivity contribution in [3.8, 4) is 0 Å². The van der Waals surface area contributed by atoms with E-state index < -0.39 is 5.97 Å². The average Bonchev–Trinajstić information content (AvgIpc) is 3.52. The van der Waals surface area contributed by atoms with E-state index in [-0.39, 0.29) is 0 Å². The Morgan fingerprint density at radius 3 is 2.29 bits per heavy atom. The number of rotatable bonds is 8. The van der Waals surface area contributed by atoms with Crippen LogP contribution in [-0.4, -0.2) is 23.7 Å². The molecule has 0 amide bonds. The molecule has 0 saturated heterocycles. The molecule has 0 aromatic heterocycles. The molecule has 3 nitrogen and oxygen atoms in total. The number of benzene rings is 2. The maximum atomic E-state index is 10.9. The Morgan fingerprint density at radius 2 is 1.61 bits per heavy atom. The molecule has 2 aliphatic carbocycles. The number of carboxylic acid groups (broad SMARTS) is 1. The van der Waals surface area contributed by atoms with Crippen LogP contribution in [0.15, 0.2) is 54.6 Å². The number of aryl methyl sites for hydroxylation is 1. The Bertz CT molecular complexity index is 763. The van der Waals surface area contributed by atoms with Crippen LogP contribution in [-0.2, 0) is 6.42 Å². The largest absolute Gasteiger partial charge is 0.478 e. The summed E-state index contributed by atoms with van der Waals surface area (Å²) in [7, 11) is 0. The summed E-state index contributed by atoms with van der Waals surface area (Å²) in [5.41, 5.74) is 3.12. The minimum atomic E-state index is -0.847. The summed E-state index contributed by atoms with van der Waals surface area (Å²) in [6.07, 6.45) is 8.95. The first-order valence-electron chi connectivity index (χ1n) is 10.8. The third kappa shape index (κ3) is 5.02. The van der Waals surface area contributed by atoms with E-state index in [9.17, 15) is 4.79 Å². The third-order valence-electron chi connectivity index (χ3n) is 6.70. The molecule has 28 heavy (non-hydrogen) atoms. The molecule has 2 fully saturated rings. The summed E-state index contributed by atoms with van der Waals surface area (Å²) < 4.78 is 0. The zero-order valence-electron chi connectivity index (χ0n) is 16.5. The maximum absolute atomic E-state index is 10.9. The summed E-state index contributed by atoms with van der Waals surface area (Å²) in [5.74, 6) is 1.54. The first-order valence-corrected chi connectivity index (χ1v) is 10.8. The Balaban J connectivity index is 1.13. The van der Waals surface area contributed by atoms with Gasteiger partial charge in [0.2, 0.25) is 0 Å². The first kappa shape index (κ1) is 19.2. The van der Waals surface area contributed by atoms with E-state index in [1.807, 2.05) is 12.1 Å². The topological polar surface area (TPSA) is 49.3 Å². The highest BCUT2D eigenvalue weighted by Crippen LogP contribution is 2.41. The highest BCUT2D eigenvalue weighted by Gasteiger charge is 2.38. The SMILES string of the molecule is O=C(O)c1ccc(CCC2CCC(CN[C@@H]3C[C@H]3c3ccccc3)CC2)cc1. The van der Waals surface area contributed by atoms with Gasteiger partial charge >= 0.3 is 5.97 Å². The van der Waals surface area contributed by atoms with Crippen LogP contribution < -0.4 is 5.32 Å². The van der Waals surface area contributed by atoms with E-state index in [1.165, 1.54) is 56.2 Å². The summed E-state index contributed by atoms with van der Waals surface area (Å²) in [6.45, 7) is 1.18. The minimum Gasteiger partial charge on any atom is -0.478 e. The molecule has 0 unspecified atom stereocenters. The van der Waals surface area contributed by atoms with Gasteiger partial charge in [0.25, 0.3) is 0 Å². The van der Waals surface area contributed by atoms with E-state index in [0.29, 0.717) is 11.6 Å². The van der Waals surface area contributed by atoms with Gasteiger partial charge in [-0.25, -0.2) is 4.79 Å². The van der Waals surface area contributed by atoms with E-state index in [4.69, 9.17) is 5.11 Å². The van der Waals surface area contributed by atoms with Gasteiger partial charge in [-0.2, -0.15) is 0 Å². The van der Waals surface area contributed by atoms with Crippen LogP contribution in [0.1, 0.15) is 65.9 Å². The quantitative estimate of drug-likeness (QED) is 0.659. The second kappa shape index (κ2) is 8.91. The molecule has 0 aliphatic heterocycles.